The molecule has 0 bridgehead atoms. The van der Waals surface area contributed by atoms with E-state index in [1.807, 2.05) is 4.90 Å². The molecule has 2 fully saturated rings. The van der Waals surface area contributed by atoms with Crippen molar-refractivity contribution in [1.29, 1.82) is 0 Å². The van der Waals surface area contributed by atoms with Gasteiger partial charge in [0.1, 0.15) is 6.04 Å². The molecule has 7 heteroatoms. The second-order valence-corrected chi connectivity index (χ2v) is 8.32. The Labute approximate surface area is 135 Å². The van der Waals surface area contributed by atoms with Crippen molar-refractivity contribution in [2.75, 3.05) is 13.1 Å². The van der Waals surface area contributed by atoms with Gasteiger partial charge in [-0.15, -0.1) is 0 Å². The van der Waals surface area contributed by atoms with Gasteiger partial charge in [-0.2, -0.15) is 4.31 Å². The van der Waals surface area contributed by atoms with Gasteiger partial charge in [0.25, 0.3) is 0 Å². The van der Waals surface area contributed by atoms with Crippen LogP contribution in [-0.2, 0) is 20.6 Å². The summed E-state index contributed by atoms with van der Waals surface area (Å²) in [5, 5.41) is 0.512. The first-order valence-corrected chi connectivity index (χ1v) is 9.41. The van der Waals surface area contributed by atoms with Crippen LogP contribution in [0.2, 0.25) is 5.02 Å². The van der Waals surface area contributed by atoms with E-state index in [4.69, 9.17) is 11.6 Å². The molecule has 0 radical (unpaired) electrons. The zero-order valence-corrected chi connectivity index (χ0v) is 14.0. The van der Waals surface area contributed by atoms with Crippen LogP contribution in [0.5, 0.6) is 0 Å². The van der Waals surface area contributed by atoms with Crippen LogP contribution in [0.15, 0.2) is 24.3 Å². The summed E-state index contributed by atoms with van der Waals surface area (Å²) in [7, 11) is -3.55. The number of fused-ring (bicyclic) bond motifs is 1. The molecule has 1 aromatic carbocycles. The third kappa shape index (κ3) is 2.87. The van der Waals surface area contributed by atoms with Gasteiger partial charge < -0.3 is 4.90 Å². The average molecular weight is 343 g/mol. The van der Waals surface area contributed by atoms with Crippen molar-refractivity contribution in [3.05, 3.63) is 34.9 Å². The number of carbonyl (C=O) groups excluding carboxylic acids is 1. The molecule has 5 nitrogen and oxygen atoms in total. The van der Waals surface area contributed by atoms with Crippen molar-refractivity contribution in [1.82, 2.24) is 9.21 Å². The van der Waals surface area contributed by atoms with E-state index in [2.05, 4.69) is 0 Å². The maximum absolute atomic E-state index is 12.7. The van der Waals surface area contributed by atoms with Crippen molar-refractivity contribution in [3.8, 4) is 0 Å². The van der Waals surface area contributed by atoms with E-state index in [0.29, 0.717) is 17.1 Å². The number of hydrogen-bond acceptors (Lipinski definition) is 3. The molecule has 0 aliphatic carbocycles. The van der Waals surface area contributed by atoms with E-state index in [1.54, 1.807) is 31.2 Å². The number of hydrogen-bond donors (Lipinski definition) is 0. The van der Waals surface area contributed by atoms with Crippen molar-refractivity contribution in [2.24, 2.45) is 0 Å². The smallest absolute Gasteiger partial charge is 0.241 e. The normalized spacial score (nSPS) is 26.3. The molecular formula is C15H19ClN2O3S. The van der Waals surface area contributed by atoms with E-state index in [1.165, 1.54) is 4.31 Å². The van der Waals surface area contributed by atoms with Crippen molar-refractivity contribution >= 4 is 27.5 Å². The summed E-state index contributed by atoms with van der Waals surface area (Å²) >= 11 is 5.92. The van der Waals surface area contributed by atoms with Crippen LogP contribution >= 0.6 is 11.6 Å². The van der Waals surface area contributed by atoms with E-state index in [9.17, 15) is 13.2 Å². The van der Waals surface area contributed by atoms with Crippen LogP contribution in [0, 0.1) is 0 Å². The molecule has 2 aliphatic rings. The predicted octanol–water partition coefficient (Wildman–Crippen LogP) is 1.86. The van der Waals surface area contributed by atoms with Crippen LogP contribution < -0.4 is 0 Å². The molecule has 2 atom stereocenters. The summed E-state index contributed by atoms with van der Waals surface area (Å²) < 4.78 is 26.8. The molecular weight excluding hydrogens is 324 g/mol. The van der Waals surface area contributed by atoms with Gasteiger partial charge in [-0.1, -0.05) is 23.7 Å². The Kier molecular flexibility index (Phi) is 4.18. The molecule has 2 saturated heterocycles. The molecule has 0 saturated carbocycles. The SMILES string of the molecule is C[C@H]1C(=O)N2CCC[C@H]2CN1S(=O)(=O)Cc1cccc(Cl)c1. The summed E-state index contributed by atoms with van der Waals surface area (Å²) in [5.74, 6) is -0.207. The average Bonchev–Trinajstić information content (AvgIpc) is 2.90. The highest BCUT2D eigenvalue weighted by Crippen LogP contribution is 2.28. The number of halogens is 1. The lowest BCUT2D eigenvalue weighted by Crippen LogP contribution is -2.60. The van der Waals surface area contributed by atoms with Crippen LogP contribution in [0.4, 0.5) is 0 Å². The number of rotatable bonds is 3. The molecule has 3 rings (SSSR count). The molecule has 1 aromatic rings. The zero-order valence-electron chi connectivity index (χ0n) is 12.4. The first kappa shape index (κ1) is 15.8. The molecule has 2 aliphatic heterocycles. The Balaban J connectivity index is 1.83. The van der Waals surface area contributed by atoms with E-state index in [0.717, 1.165) is 19.4 Å². The van der Waals surface area contributed by atoms with E-state index < -0.39 is 16.1 Å². The summed E-state index contributed by atoms with van der Waals surface area (Å²) in [4.78, 5) is 14.2. The van der Waals surface area contributed by atoms with Gasteiger partial charge >= 0.3 is 0 Å². The highest BCUT2D eigenvalue weighted by Gasteiger charge is 2.44. The van der Waals surface area contributed by atoms with Crippen LogP contribution in [0.3, 0.4) is 0 Å². The molecule has 0 N–H and O–H groups in total. The topological polar surface area (TPSA) is 57.7 Å². The highest BCUT2D eigenvalue weighted by molar-refractivity contribution is 7.88. The zero-order chi connectivity index (χ0) is 15.9. The second kappa shape index (κ2) is 5.83. The predicted molar refractivity (Wildman–Crippen MR) is 85.0 cm³/mol. The third-order valence-corrected chi connectivity index (χ3v) is 6.55. The number of sulfonamides is 1. The van der Waals surface area contributed by atoms with Crippen LogP contribution in [0.25, 0.3) is 0 Å². The maximum atomic E-state index is 12.7. The Morgan fingerprint density at radius 1 is 1.36 bits per heavy atom. The number of piperazine rings is 1. The fourth-order valence-electron chi connectivity index (χ4n) is 3.32. The molecule has 120 valence electrons. The standard InChI is InChI=1S/C15H19ClN2O3S/c1-11-15(19)17-7-3-6-14(17)9-18(11)22(20,21)10-12-4-2-5-13(16)8-12/h2,4-5,8,11,14H,3,6-7,9-10H2,1H3/t11-,14-/m0/s1. The minimum atomic E-state index is -3.55. The van der Waals surface area contributed by atoms with Gasteiger partial charge in [0.15, 0.2) is 0 Å². The summed E-state index contributed by atoms with van der Waals surface area (Å²) in [5.41, 5.74) is 0.640. The Morgan fingerprint density at radius 2 is 2.14 bits per heavy atom. The quantitative estimate of drug-likeness (QED) is 0.842. The summed E-state index contributed by atoms with van der Waals surface area (Å²) in [6.07, 6.45) is 1.83. The maximum Gasteiger partial charge on any atom is 0.241 e. The third-order valence-electron chi connectivity index (χ3n) is 4.44. The fraction of sp³-hybridized carbons (Fsp3) is 0.533. The van der Waals surface area contributed by atoms with Crippen molar-refractivity contribution < 1.29 is 13.2 Å². The van der Waals surface area contributed by atoms with Crippen molar-refractivity contribution in [2.45, 2.75) is 37.6 Å². The monoisotopic (exact) mass is 342 g/mol. The lowest BCUT2D eigenvalue weighted by molar-refractivity contribution is -0.139. The van der Waals surface area contributed by atoms with Crippen LogP contribution in [0.1, 0.15) is 25.3 Å². The van der Waals surface area contributed by atoms with E-state index >= 15 is 0 Å². The Hall–Kier alpha value is -1.11. The lowest BCUT2D eigenvalue weighted by Gasteiger charge is -2.40. The molecule has 0 spiro atoms. The first-order chi connectivity index (χ1) is 10.4. The fourth-order valence-corrected chi connectivity index (χ4v) is 5.27. The van der Waals surface area contributed by atoms with Crippen LogP contribution in [-0.4, -0.2) is 48.7 Å². The Bertz CT molecular complexity index is 692. The van der Waals surface area contributed by atoms with Gasteiger partial charge in [-0.25, -0.2) is 8.42 Å². The summed E-state index contributed by atoms with van der Waals surface area (Å²) in [6.45, 7) is 2.82. The molecule has 1 amide bonds. The van der Waals surface area contributed by atoms with Crippen molar-refractivity contribution in [3.63, 3.8) is 0 Å². The van der Waals surface area contributed by atoms with E-state index in [-0.39, 0.29) is 17.7 Å². The number of carbonyl (C=O) groups is 1. The lowest BCUT2D eigenvalue weighted by atomic mass is 10.1. The molecule has 22 heavy (non-hydrogen) atoms. The minimum absolute atomic E-state index is 0.0258. The van der Waals surface area contributed by atoms with Gasteiger partial charge in [-0.3, -0.25) is 4.79 Å². The number of nitrogens with zero attached hydrogens (tertiary/aromatic N) is 2. The molecule has 0 unspecified atom stereocenters. The molecule has 0 aromatic heterocycles. The minimum Gasteiger partial charge on any atom is -0.337 e. The first-order valence-electron chi connectivity index (χ1n) is 7.43. The number of amides is 1. The van der Waals surface area contributed by atoms with Gasteiger partial charge in [0.2, 0.25) is 15.9 Å². The second-order valence-electron chi connectivity index (χ2n) is 5.96. The highest BCUT2D eigenvalue weighted by atomic mass is 35.5. The largest absolute Gasteiger partial charge is 0.337 e. The molecule has 2 heterocycles. The van der Waals surface area contributed by atoms with Gasteiger partial charge in [-0.05, 0) is 37.5 Å². The van der Waals surface area contributed by atoms with Gasteiger partial charge in [0, 0.05) is 24.2 Å². The van der Waals surface area contributed by atoms with Gasteiger partial charge in [0.05, 0.1) is 5.75 Å². The number of benzene rings is 1. The summed E-state index contributed by atoms with van der Waals surface area (Å²) in [6, 6.07) is 6.23. The Morgan fingerprint density at radius 3 is 2.86 bits per heavy atom.